The van der Waals surface area contributed by atoms with Crippen molar-refractivity contribution in [2.45, 2.75) is 33.2 Å². The third kappa shape index (κ3) is 3.13. The fourth-order valence-corrected chi connectivity index (χ4v) is 3.19. The first-order valence-electron chi connectivity index (χ1n) is 6.93. The van der Waals surface area contributed by atoms with Crippen molar-refractivity contribution in [3.8, 4) is 0 Å². The van der Waals surface area contributed by atoms with Crippen LogP contribution < -0.4 is 0 Å². The second-order valence-corrected chi connectivity index (χ2v) is 6.21. The lowest BCUT2D eigenvalue weighted by molar-refractivity contribution is -0.145. The van der Waals surface area contributed by atoms with Crippen LogP contribution in [0.2, 0.25) is 0 Å². The molecule has 0 fully saturated rings. The molecule has 0 saturated carbocycles. The quantitative estimate of drug-likeness (QED) is 0.929. The van der Waals surface area contributed by atoms with Crippen LogP contribution in [0, 0.1) is 0 Å². The lowest BCUT2D eigenvalue weighted by Crippen LogP contribution is -2.44. The number of thioether (sulfide) groups is 1. The lowest BCUT2D eigenvalue weighted by atomic mass is 10.0. The van der Waals surface area contributed by atoms with Crippen LogP contribution in [0.4, 0.5) is 0 Å². The Hall–Kier alpha value is -1.75. The summed E-state index contributed by atoms with van der Waals surface area (Å²) < 4.78 is 0. The van der Waals surface area contributed by atoms with E-state index in [-0.39, 0.29) is 5.91 Å². The first-order valence-corrected chi connectivity index (χ1v) is 7.92. The van der Waals surface area contributed by atoms with E-state index in [1.807, 2.05) is 31.2 Å². The number of benzene rings is 1. The number of hydrogen-bond donors (Lipinski definition) is 1. The molecular weight excluding hydrogens is 286 g/mol. The van der Waals surface area contributed by atoms with E-state index in [2.05, 4.69) is 6.92 Å². The normalized spacial score (nSPS) is 17.1. The number of carboxylic acid groups (broad SMARTS) is 1. The topological polar surface area (TPSA) is 57.6 Å². The number of aryl methyl sites for hydroxylation is 1. The number of allylic oxidation sites excluding steroid dienone is 1. The minimum absolute atomic E-state index is 0.157. The molecule has 0 radical (unpaired) electrons. The van der Waals surface area contributed by atoms with Gasteiger partial charge in [0.1, 0.15) is 6.04 Å². The summed E-state index contributed by atoms with van der Waals surface area (Å²) in [5.74, 6) is -0.860. The van der Waals surface area contributed by atoms with Gasteiger partial charge in [-0.15, -0.1) is 11.8 Å². The van der Waals surface area contributed by atoms with Crippen LogP contribution in [-0.2, 0) is 16.0 Å². The van der Waals surface area contributed by atoms with Crippen LogP contribution in [0.15, 0.2) is 29.2 Å². The van der Waals surface area contributed by atoms with Gasteiger partial charge >= 0.3 is 5.97 Å². The van der Waals surface area contributed by atoms with Crippen molar-refractivity contribution in [2.24, 2.45) is 0 Å². The predicted molar refractivity (Wildman–Crippen MR) is 84.8 cm³/mol. The molecule has 21 heavy (non-hydrogen) atoms. The molecule has 0 spiro atoms. The number of carboxylic acids is 1. The summed E-state index contributed by atoms with van der Waals surface area (Å²) in [7, 11) is 0. The Labute approximate surface area is 128 Å². The molecule has 0 bridgehead atoms. The Balaban J connectivity index is 2.48. The molecule has 1 heterocycles. The molecule has 1 aromatic rings. The van der Waals surface area contributed by atoms with E-state index in [9.17, 15) is 14.7 Å². The van der Waals surface area contributed by atoms with Crippen molar-refractivity contribution in [2.75, 3.05) is 5.75 Å². The maximum Gasteiger partial charge on any atom is 0.326 e. The summed E-state index contributed by atoms with van der Waals surface area (Å²) in [6.07, 6.45) is 0.946. The zero-order valence-corrected chi connectivity index (χ0v) is 13.2. The van der Waals surface area contributed by atoms with E-state index in [1.54, 1.807) is 6.92 Å². The zero-order valence-electron chi connectivity index (χ0n) is 12.4. The van der Waals surface area contributed by atoms with E-state index in [0.29, 0.717) is 11.4 Å². The molecule has 112 valence electrons. The van der Waals surface area contributed by atoms with Crippen molar-refractivity contribution in [3.63, 3.8) is 0 Å². The molecule has 1 N–H and O–H groups in total. The van der Waals surface area contributed by atoms with Gasteiger partial charge in [0.25, 0.3) is 0 Å². The van der Waals surface area contributed by atoms with Gasteiger partial charge in [-0.3, -0.25) is 9.69 Å². The molecule has 0 aliphatic carbocycles. The first-order chi connectivity index (χ1) is 9.95. The Morgan fingerprint density at radius 1 is 1.38 bits per heavy atom. The molecule has 0 saturated heterocycles. The monoisotopic (exact) mass is 305 g/mol. The third-order valence-electron chi connectivity index (χ3n) is 3.64. The van der Waals surface area contributed by atoms with Gasteiger partial charge in [0.2, 0.25) is 5.91 Å². The van der Waals surface area contributed by atoms with Gasteiger partial charge in [-0.05, 0) is 31.4 Å². The molecule has 2 rings (SSSR count). The van der Waals surface area contributed by atoms with Crippen LogP contribution in [0.3, 0.4) is 0 Å². The molecule has 1 atom stereocenters. The molecule has 4 nitrogen and oxygen atoms in total. The van der Waals surface area contributed by atoms with Crippen LogP contribution in [0.1, 0.15) is 31.9 Å². The van der Waals surface area contributed by atoms with E-state index >= 15 is 0 Å². The summed E-state index contributed by atoms with van der Waals surface area (Å²) in [4.78, 5) is 25.9. The van der Waals surface area contributed by atoms with E-state index in [0.717, 1.165) is 16.9 Å². The minimum atomic E-state index is -0.995. The number of amides is 1. The summed E-state index contributed by atoms with van der Waals surface area (Å²) >= 11 is 1.47. The zero-order chi connectivity index (χ0) is 15.6. The fourth-order valence-electron chi connectivity index (χ4n) is 2.36. The van der Waals surface area contributed by atoms with E-state index in [4.69, 9.17) is 0 Å². The van der Waals surface area contributed by atoms with Crippen LogP contribution >= 0.6 is 11.8 Å². The second kappa shape index (κ2) is 6.35. The van der Waals surface area contributed by atoms with Crippen molar-refractivity contribution in [1.82, 2.24) is 4.90 Å². The van der Waals surface area contributed by atoms with Crippen molar-refractivity contribution in [3.05, 3.63) is 40.3 Å². The highest BCUT2D eigenvalue weighted by molar-refractivity contribution is 8.03. The predicted octanol–water partition coefficient (Wildman–Crippen LogP) is 2.99. The number of nitrogens with zero attached hydrogens (tertiary/aromatic N) is 1. The van der Waals surface area contributed by atoms with E-state index < -0.39 is 12.0 Å². The summed E-state index contributed by atoms with van der Waals surface area (Å²) in [5, 5.41) is 9.26. The van der Waals surface area contributed by atoms with Crippen molar-refractivity contribution in [1.29, 1.82) is 0 Å². The number of carbonyl (C=O) groups is 2. The summed E-state index contributed by atoms with van der Waals surface area (Å²) in [5.41, 5.74) is 2.82. The SMILES string of the molecule is CCc1ccc(C2=C(C)SCC(=O)N2C(C)C(=O)O)cc1. The third-order valence-corrected chi connectivity index (χ3v) is 4.65. The number of hydrogen-bond acceptors (Lipinski definition) is 3. The highest BCUT2D eigenvalue weighted by Crippen LogP contribution is 2.36. The van der Waals surface area contributed by atoms with Gasteiger partial charge in [0, 0.05) is 4.91 Å². The molecule has 5 heteroatoms. The summed E-state index contributed by atoms with van der Waals surface area (Å²) in [6, 6.07) is 7.08. The molecule has 1 amide bonds. The maximum absolute atomic E-state index is 12.2. The molecule has 1 aliphatic heterocycles. The van der Waals surface area contributed by atoms with Gasteiger partial charge in [0.05, 0.1) is 11.4 Å². The molecule has 1 aromatic carbocycles. The summed E-state index contributed by atoms with van der Waals surface area (Å²) in [6.45, 7) is 5.56. The smallest absolute Gasteiger partial charge is 0.326 e. The van der Waals surface area contributed by atoms with E-state index in [1.165, 1.54) is 22.2 Å². The second-order valence-electron chi connectivity index (χ2n) is 5.02. The van der Waals surface area contributed by atoms with Crippen molar-refractivity contribution >= 4 is 29.3 Å². The Bertz CT molecular complexity index is 592. The Morgan fingerprint density at radius 2 is 2.00 bits per heavy atom. The first kappa shape index (κ1) is 15.6. The maximum atomic E-state index is 12.2. The van der Waals surface area contributed by atoms with Crippen LogP contribution in [0.25, 0.3) is 5.70 Å². The molecule has 0 aromatic heterocycles. The standard InChI is InChI=1S/C16H19NO3S/c1-4-12-5-7-13(8-6-12)15-11(3)21-9-14(18)17(15)10(2)16(19)20/h5-8,10H,4,9H2,1-3H3,(H,19,20). The molecule has 1 aliphatic rings. The lowest BCUT2D eigenvalue weighted by Gasteiger charge is -2.33. The van der Waals surface area contributed by atoms with Gasteiger partial charge in [-0.25, -0.2) is 4.79 Å². The van der Waals surface area contributed by atoms with Gasteiger partial charge in [-0.2, -0.15) is 0 Å². The van der Waals surface area contributed by atoms with Crippen LogP contribution in [0.5, 0.6) is 0 Å². The average molecular weight is 305 g/mol. The Kier molecular flexibility index (Phi) is 4.73. The number of carbonyl (C=O) groups excluding carboxylic acids is 1. The van der Waals surface area contributed by atoms with Gasteiger partial charge in [-0.1, -0.05) is 31.2 Å². The number of rotatable bonds is 4. The fraction of sp³-hybridized carbons (Fsp3) is 0.375. The average Bonchev–Trinajstić information content (AvgIpc) is 2.48. The highest BCUT2D eigenvalue weighted by atomic mass is 32.2. The molecule has 1 unspecified atom stereocenters. The molecular formula is C16H19NO3S. The largest absolute Gasteiger partial charge is 0.480 e. The van der Waals surface area contributed by atoms with Crippen LogP contribution in [-0.4, -0.2) is 33.7 Å². The Morgan fingerprint density at radius 3 is 2.52 bits per heavy atom. The van der Waals surface area contributed by atoms with Gasteiger partial charge in [0.15, 0.2) is 0 Å². The van der Waals surface area contributed by atoms with Gasteiger partial charge < -0.3 is 5.11 Å². The highest BCUT2D eigenvalue weighted by Gasteiger charge is 2.33. The number of aliphatic carboxylic acids is 1. The minimum Gasteiger partial charge on any atom is -0.480 e. The van der Waals surface area contributed by atoms with Crippen molar-refractivity contribution < 1.29 is 14.7 Å².